The maximum absolute atomic E-state index is 11.2. The molecule has 144 valence electrons. The zero-order valence-corrected chi connectivity index (χ0v) is 17.0. The highest BCUT2D eigenvalue weighted by Crippen LogP contribution is 2.06. The van der Waals surface area contributed by atoms with Gasteiger partial charge in [0.25, 0.3) is 0 Å². The minimum atomic E-state index is -0.289. The summed E-state index contributed by atoms with van der Waals surface area (Å²) in [6.45, 7) is 9.94. The number of hydrogen-bond donors (Lipinski definition) is 2. The number of benzene rings is 2. The predicted octanol–water partition coefficient (Wildman–Crippen LogP) is 4.70. The standard InChI is InChI=1S/C11H15NO2.C9H12.C3H8/c1-9(14)11(12-8-13)7-10-5-3-2-4-6-10;1-3-9-7-5-4-6-8(9)2;1-3-2/h2-6,11-13H,7-8H2,1H3;4-7H,3H2,1-2H3;3H2,1-2H3. The molecule has 0 saturated heterocycles. The molecule has 26 heavy (non-hydrogen) atoms. The second-order valence-corrected chi connectivity index (χ2v) is 6.20. The van der Waals surface area contributed by atoms with Crippen molar-refractivity contribution in [1.29, 1.82) is 0 Å². The molecule has 0 aliphatic carbocycles. The predicted molar refractivity (Wildman–Crippen MR) is 111 cm³/mol. The molecule has 0 amide bonds. The van der Waals surface area contributed by atoms with E-state index < -0.39 is 0 Å². The first-order valence-corrected chi connectivity index (χ1v) is 9.43. The first-order chi connectivity index (χ1) is 12.5. The van der Waals surface area contributed by atoms with Gasteiger partial charge in [-0.25, -0.2) is 0 Å². The van der Waals surface area contributed by atoms with Crippen LogP contribution in [0.15, 0.2) is 54.6 Å². The molecule has 3 nitrogen and oxygen atoms in total. The monoisotopic (exact) mass is 357 g/mol. The number of rotatable bonds is 6. The Hall–Kier alpha value is -1.97. The Morgan fingerprint density at radius 2 is 1.54 bits per heavy atom. The lowest BCUT2D eigenvalue weighted by Gasteiger charge is -2.13. The highest BCUT2D eigenvalue weighted by atomic mass is 16.3. The Balaban J connectivity index is 0.000000446. The van der Waals surface area contributed by atoms with Gasteiger partial charge in [-0.15, -0.1) is 0 Å². The normalized spacial score (nSPS) is 10.7. The van der Waals surface area contributed by atoms with Crippen LogP contribution in [-0.2, 0) is 17.6 Å². The first kappa shape index (κ1) is 24.0. The molecular formula is C23H35NO2. The fraction of sp³-hybridized carbons (Fsp3) is 0.435. The van der Waals surface area contributed by atoms with Crippen molar-refractivity contribution in [3.8, 4) is 0 Å². The van der Waals surface area contributed by atoms with Gasteiger partial charge in [0.1, 0.15) is 5.78 Å². The fourth-order valence-electron chi connectivity index (χ4n) is 2.33. The van der Waals surface area contributed by atoms with Crippen LogP contribution >= 0.6 is 0 Å². The second-order valence-electron chi connectivity index (χ2n) is 6.20. The minimum Gasteiger partial charge on any atom is -0.381 e. The Morgan fingerprint density at radius 1 is 1.00 bits per heavy atom. The van der Waals surface area contributed by atoms with Gasteiger partial charge in [-0.2, -0.15) is 0 Å². The van der Waals surface area contributed by atoms with E-state index in [4.69, 9.17) is 5.11 Å². The lowest BCUT2D eigenvalue weighted by atomic mass is 10.0. The third-order valence-electron chi connectivity index (χ3n) is 3.75. The van der Waals surface area contributed by atoms with Crippen molar-refractivity contribution in [2.24, 2.45) is 0 Å². The molecule has 0 radical (unpaired) electrons. The zero-order valence-electron chi connectivity index (χ0n) is 17.0. The number of hydrogen-bond acceptors (Lipinski definition) is 3. The molecule has 3 heteroatoms. The number of aliphatic hydroxyl groups excluding tert-OH is 1. The van der Waals surface area contributed by atoms with Crippen LogP contribution in [0.25, 0.3) is 0 Å². The second kappa shape index (κ2) is 15.3. The van der Waals surface area contributed by atoms with Crippen LogP contribution in [0.2, 0.25) is 0 Å². The van der Waals surface area contributed by atoms with Gasteiger partial charge in [-0.05, 0) is 43.4 Å². The summed E-state index contributed by atoms with van der Waals surface area (Å²) >= 11 is 0. The van der Waals surface area contributed by atoms with E-state index in [1.807, 2.05) is 30.3 Å². The zero-order chi connectivity index (χ0) is 19.8. The summed E-state index contributed by atoms with van der Waals surface area (Å²) in [5.41, 5.74) is 3.95. The van der Waals surface area contributed by atoms with Gasteiger partial charge in [0.15, 0.2) is 0 Å². The smallest absolute Gasteiger partial charge is 0.147 e. The van der Waals surface area contributed by atoms with Crippen molar-refractivity contribution in [1.82, 2.24) is 5.32 Å². The highest BCUT2D eigenvalue weighted by molar-refractivity contribution is 5.81. The average molecular weight is 358 g/mol. The summed E-state index contributed by atoms with van der Waals surface area (Å²) in [7, 11) is 0. The lowest BCUT2D eigenvalue weighted by Crippen LogP contribution is -2.37. The number of carbonyl (C=O) groups excluding carboxylic acids is 1. The number of ketones is 1. The molecule has 0 spiro atoms. The van der Waals surface area contributed by atoms with Crippen LogP contribution in [0, 0.1) is 6.92 Å². The van der Waals surface area contributed by atoms with Gasteiger partial charge in [0, 0.05) is 0 Å². The highest BCUT2D eigenvalue weighted by Gasteiger charge is 2.12. The summed E-state index contributed by atoms with van der Waals surface area (Å²) in [6, 6.07) is 17.9. The molecule has 1 unspecified atom stereocenters. The van der Waals surface area contributed by atoms with Crippen LogP contribution < -0.4 is 5.32 Å². The Bertz CT molecular complexity index is 596. The van der Waals surface area contributed by atoms with Crippen LogP contribution in [0.4, 0.5) is 0 Å². The van der Waals surface area contributed by atoms with E-state index in [2.05, 4.69) is 57.3 Å². The van der Waals surface area contributed by atoms with E-state index in [9.17, 15) is 4.79 Å². The molecule has 2 rings (SSSR count). The van der Waals surface area contributed by atoms with Gasteiger partial charge in [-0.1, -0.05) is 81.8 Å². The molecule has 0 aliphatic heterocycles. The fourth-order valence-corrected chi connectivity index (χ4v) is 2.33. The molecule has 0 heterocycles. The Labute approximate surface area is 159 Å². The minimum absolute atomic E-state index is 0.0444. The van der Waals surface area contributed by atoms with Crippen molar-refractivity contribution in [2.75, 3.05) is 6.73 Å². The average Bonchev–Trinajstić information content (AvgIpc) is 2.64. The van der Waals surface area contributed by atoms with Crippen molar-refractivity contribution >= 4 is 5.78 Å². The number of carbonyl (C=O) groups is 1. The van der Waals surface area contributed by atoms with Gasteiger partial charge in [0.2, 0.25) is 0 Å². The van der Waals surface area contributed by atoms with Gasteiger partial charge in [0.05, 0.1) is 12.8 Å². The molecule has 0 fully saturated rings. The number of aliphatic hydroxyl groups is 1. The molecule has 1 atom stereocenters. The number of nitrogens with one attached hydrogen (secondary N) is 1. The SMILES string of the molecule is CC(=O)C(Cc1ccccc1)NCO.CCC.CCc1ccccc1C. The van der Waals surface area contributed by atoms with E-state index >= 15 is 0 Å². The van der Waals surface area contributed by atoms with E-state index in [1.54, 1.807) is 0 Å². The molecule has 2 N–H and O–H groups in total. The summed E-state index contributed by atoms with van der Waals surface area (Å²) in [5.74, 6) is 0.0444. The molecule has 2 aromatic rings. The van der Waals surface area contributed by atoms with Gasteiger partial charge >= 0.3 is 0 Å². The van der Waals surface area contributed by atoms with E-state index in [1.165, 1.54) is 24.5 Å². The maximum atomic E-state index is 11.2. The number of aryl methyl sites for hydroxylation is 2. The third-order valence-corrected chi connectivity index (χ3v) is 3.75. The molecule has 2 aromatic carbocycles. The summed E-state index contributed by atoms with van der Waals surface area (Å²) in [5, 5.41) is 11.4. The lowest BCUT2D eigenvalue weighted by molar-refractivity contribution is -0.119. The molecular weight excluding hydrogens is 322 g/mol. The summed E-state index contributed by atoms with van der Waals surface area (Å²) in [4.78, 5) is 11.2. The van der Waals surface area contributed by atoms with Crippen molar-refractivity contribution in [3.63, 3.8) is 0 Å². The Kier molecular flexibility index (Phi) is 14.1. The largest absolute Gasteiger partial charge is 0.381 e. The van der Waals surface area contributed by atoms with Crippen LogP contribution in [0.3, 0.4) is 0 Å². The maximum Gasteiger partial charge on any atom is 0.147 e. The summed E-state index contributed by atoms with van der Waals surface area (Å²) in [6.07, 6.45) is 3.02. The van der Waals surface area contributed by atoms with Gasteiger partial charge < -0.3 is 5.11 Å². The van der Waals surface area contributed by atoms with Crippen LogP contribution in [0.5, 0.6) is 0 Å². The van der Waals surface area contributed by atoms with Crippen molar-refractivity contribution in [2.45, 2.75) is 59.9 Å². The van der Waals surface area contributed by atoms with Crippen LogP contribution in [-0.4, -0.2) is 23.7 Å². The van der Waals surface area contributed by atoms with E-state index in [0.29, 0.717) is 6.42 Å². The molecule has 0 aliphatic rings. The summed E-state index contributed by atoms with van der Waals surface area (Å²) < 4.78 is 0. The van der Waals surface area contributed by atoms with Gasteiger partial charge in [-0.3, -0.25) is 10.1 Å². The number of Topliss-reactive ketones (excluding diaryl/α,β-unsaturated/α-hetero) is 1. The van der Waals surface area contributed by atoms with E-state index in [0.717, 1.165) is 12.0 Å². The first-order valence-electron chi connectivity index (χ1n) is 9.43. The molecule has 0 bridgehead atoms. The Morgan fingerprint density at radius 3 is 1.96 bits per heavy atom. The quantitative estimate of drug-likeness (QED) is 0.737. The molecule has 0 saturated carbocycles. The van der Waals surface area contributed by atoms with Crippen molar-refractivity contribution < 1.29 is 9.90 Å². The topological polar surface area (TPSA) is 49.3 Å². The van der Waals surface area contributed by atoms with E-state index in [-0.39, 0.29) is 18.6 Å². The van der Waals surface area contributed by atoms with Crippen molar-refractivity contribution in [3.05, 3.63) is 71.3 Å². The third kappa shape index (κ3) is 10.8. The van der Waals surface area contributed by atoms with Crippen LogP contribution in [0.1, 0.15) is 50.8 Å². The molecule has 0 aromatic heterocycles.